The summed E-state index contributed by atoms with van der Waals surface area (Å²) >= 11 is 0. The van der Waals surface area contributed by atoms with Crippen LogP contribution in [0.25, 0.3) is 0 Å². The largest absolute Gasteiger partial charge is 0.490 e. The summed E-state index contributed by atoms with van der Waals surface area (Å²) in [5.41, 5.74) is 2.10. The number of carboxylic acid groups (broad SMARTS) is 2. The van der Waals surface area contributed by atoms with Gasteiger partial charge in [-0.05, 0) is 30.2 Å². The number of rotatable bonds is 3. The third-order valence-electron chi connectivity index (χ3n) is 5.02. The Labute approximate surface area is 210 Å². The predicted molar refractivity (Wildman–Crippen MR) is 115 cm³/mol. The first-order valence-electron chi connectivity index (χ1n) is 10.5. The Balaban J connectivity index is 0.000000301. The van der Waals surface area contributed by atoms with E-state index in [0.717, 1.165) is 11.1 Å². The summed E-state index contributed by atoms with van der Waals surface area (Å²) < 4.78 is 69.2. The number of aryl methyl sites for hydroxylation is 1. The maximum atomic E-state index is 12.4. The molecule has 2 saturated heterocycles. The number of carboxylic acids is 2. The highest BCUT2D eigenvalue weighted by atomic mass is 19.4. The number of carbonyl (C=O) groups is 3. The molecule has 0 aromatic carbocycles. The van der Waals surface area contributed by atoms with Crippen LogP contribution in [-0.2, 0) is 25.7 Å². The molecule has 38 heavy (non-hydrogen) atoms. The molecule has 4 rings (SSSR count). The van der Waals surface area contributed by atoms with Gasteiger partial charge in [-0.1, -0.05) is 0 Å². The number of aliphatic carboxylic acids is 2. The zero-order valence-electron chi connectivity index (χ0n) is 19.5. The molecule has 2 N–H and O–H groups in total. The fourth-order valence-electron chi connectivity index (χ4n) is 3.27. The minimum Gasteiger partial charge on any atom is -0.475 e. The molecule has 2 atom stereocenters. The Bertz CT molecular complexity index is 1080. The lowest BCUT2D eigenvalue weighted by Gasteiger charge is -2.36. The van der Waals surface area contributed by atoms with Gasteiger partial charge in [0.15, 0.2) is 0 Å². The number of hydrogen-bond donors (Lipinski definition) is 2. The van der Waals surface area contributed by atoms with E-state index in [0.29, 0.717) is 25.6 Å². The van der Waals surface area contributed by atoms with Gasteiger partial charge < -0.3 is 24.7 Å². The third-order valence-corrected chi connectivity index (χ3v) is 5.02. The second kappa shape index (κ2) is 12.5. The fraction of sp³-hybridized carbons (Fsp3) is 0.429. The molecule has 4 heterocycles. The third kappa shape index (κ3) is 8.82. The van der Waals surface area contributed by atoms with Gasteiger partial charge in [0, 0.05) is 44.4 Å². The van der Waals surface area contributed by atoms with E-state index < -0.39 is 24.3 Å². The zero-order chi connectivity index (χ0) is 28.7. The van der Waals surface area contributed by atoms with Crippen molar-refractivity contribution in [1.29, 1.82) is 0 Å². The van der Waals surface area contributed by atoms with E-state index in [-0.39, 0.29) is 24.7 Å². The number of carbonyl (C=O) groups excluding carboxylic acids is 1. The second-order valence-corrected chi connectivity index (χ2v) is 7.87. The molecule has 2 aromatic rings. The average Bonchev–Trinajstić information content (AvgIpc) is 3.26. The highest BCUT2D eigenvalue weighted by molar-refractivity contribution is 5.79. The number of aromatic nitrogens is 3. The van der Waals surface area contributed by atoms with Crippen molar-refractivity contribution in [2.45, 2.75) is 38.0 Å². The van der Waals surface area contributed by atoms with Gasteiger partial charge in [-0.3, -0.25) is 9.78 Å². The molecule has 2 fully saturated rings. The normalized spacial score (nSPS) is 19.0. The Morgan fingerprint density at radius 1 is 1.00 bits per heavy atom. The van der Waals surface area contributed by atoms with Gasteiger partial charge in [0.1, 0.15) is 6.61 Å². The van der Waals surface area contributed by atoms with Crippen molar-refractivity contribution in [1.82, 2.24) is 19.9 Å². The first-order chi connectivity index (χ1) is 17.6. The average molecular weight is 553 g/mol. The fourth-order valence-corrected chi connectivity index (χ4v) is 3.27. The van der Waals surface area contributed by atoms with Gasteiger partial charge >= 0.3 is 24.3 Å². The number of hydrogen-bond acceptors (Lipinski definition) is 8. The summed E-state index contributed by atoms with van der Waals surface area (Å²) in [6.45, 7) is 4.06. The molecular formula is C21H21F6N5O6. The summed E-state index contributed by atoms with van der Waals surface area (Å²) in [6, 6.07) is 3.89. The van der Waals surface area contributed by atoms with E-state index in [1.54, 1.807) is 12.4 Å². The van der Waals surface area contributed by atoms with Gasteiger partial charge in [0.2, 0.25) is 11.9 Å². The molecule has 1 amide bonds. The van der Waals surface area contributed by atoms with Crippen LogP contribution in [0, 0.1) is 6.92 Å². The number of halogens is 6. The molecule has 17 heteroatoms. The molecule has 11 nitrogen and oxygen atoms in total. The topological polar surface area (TPSA) is 146 Å². The lowest BCUT2D eigenvalue weighted by molar-refractivity contribution is -0.193. The van der Waals surface area contributed by atoms with Crippen molar-refractivity contribution in [2.24, 2.45) is 0 Å². The first-order valence-corrected chi connectivity index (χ1v) is 10.5. The van der Waals surface area contributed by atoms with E-state index in [9.17, 15) is 31.1 Å². The van der Waals surface area contributed by atoms with Crippen molar-refractivity contribution < 1.29 is 55.7 Å². The number of amides is 1. The number of alkyl halides is 6. The smallest absolute Gasteiger partial charge is 0.475 e. The summed E-state index contributed by atoms with van der Waals surface area (Å²) in [5.74, 6) is -4.80. The highest BCUT2D eigenvalue weighted by Gasteiger charge is 2.44. The maximum Gasteiger partial charge on any atom is 0.490 e. The van der Waals surface area contributed by atoms with E-state index >= 15 is 0 Å². The van der Waals surface area contributed by atoms with Crippen LogP contribution in [0.15, 0.2) is 36.9 Å². The summed E-state index contributed by atoms with van der Waals surface area (Å²) in [7, 11) is 0. The molecule has 2 aliphatic rings. The number of pyridine rings is 1. The van der Waals surface area contributed by atoms with Crippen molar-refractivity contribution in [3.05, 3.63) is 48.0 Å². The van der Waals surface area contributed by atoms with Crippen molar-refractivity contribution in [3.8, 4) is 0 Å². The van der Waals surface area contributed by atoms with Gasteiger partial charge in [-0.2, -0.15) is 26.3 Å². The van der Waals surface area contributed by atoms with Crippen LogP contribution in [0.3, 0.4) is 0 Å². The first kappa shape index (κ1) is 30.2. The van der Waals surface area contributed by atoms with E-state index in [1.165, 1.54) is 0 Å². The Morgan fingerprint density at radius 2 is 1.50 bits per heavy atom. The van der Waals surface area contributed by atoms with Crippen LogP contribution in [0.4, 0.5) is 32.3 Å². The quantitative estimate of drug-likeness (QED) is 0.542. The summed E-state index contributed by atoms with van der Waals surface area (Å²) in [5, 5.41) is 14.2. The van der Waals surface area contributed by atoms with Crippen LogP contribution >= 0.6 is 0 Å². The summed E-state index contributed by atoms with van der Waals surface area (Å²) in [6.07, 6.45) is -3.05. The van der Waals surface area contributed by atoms with E-state index in [1.807, 2.05) is 36.4 Å². The van der Waals surface area contributed by atoms with Crippen LogP contribution in [0.2, 0.25) is 0 Å². The van der Waals surface area contributed by atoms with Crippen LogP contribution < -0.4 is 4.90 Å². The molecule has 0 spiro atoms. The molecule has 2 aliphatic heterocycles. The van der Waals surface area contributed by atoms with Crippen LogP contribution in [0.5, 0.6) is 0 Å². The number of ether oxygens (including phenoxy) is 1. The second-order valence-electron chi connectivity index (χ2n) is 7.87. The number of fused-ring (bicyclic) bond motifs is 1. The zero-order valence-corrected chi connectivity index (χ0v) is 19.5. The minimum absolute atomic E-state index is 0.00515. The van der Waals surface area contributed by atoms with Crippen molar-refractivity contribution >= 4 is 23.8 Å². The van der Waals surface area contributed by atoms with E-state index in [4.69, 9.17) is 24.5 Å². The number of anilines is 1. The van der Waals surface area contributed by atoms with E-state index in [2.05, 4.69) is 19.9 Å². The van der Waals surface area contributed by atoms with Crippen molar-refractivity contribution in [3.63, 3.8) is 0 Å². The molecule has 0 aliphatic carbocycles. The molecule has 0 bridgehead atoms. The molecule has 0 radical (unpaired) electrons. The number of morpholine rings is 1. The van der Waals surface area contributed by atoms with Gasteiger partial charge in [-0.15, -0.1) is 0 Å². The lowest BCUT2D eigenvalue weighted by Crippen LogP contribution is -2.53. The standard InChI is InChI=1S/C17H19N5O2.2C2HF3O2/c1-12-6-19-17(20-7-12)21-9-14-15(10-21)24-11-16(23)22(14)8-13-2-4-18-5-3-13;2*3-2(4,5)1(6)7/h2-7,14-15H,8-11H2,1H3;2*(H,6,7)/t14-,15-;;/m1../s1. The van der Waals surface area contributed by atoms with Gasteiger partial charge in [0.25, 0.3) is 0 Å². The Hall–Kier alpha value is -4.02. The number of nitrogens with zero attached hydrogens (tertiary/aromatic N) is 5. The molecule has 0 saturated carbocycles. The molecule has 0 unspecified atom stereocenters. The molecular weight excluding hydrogens is 532 g/mol. The Kier molecular flexibility index (Phi) is 9.92. The van der Waals surface area contributed by atoms with Gasteiger partial charge in [-0.25, -0.2) is 19.6 Å². The van der Waals surface area contributed by atoms with Gasteiger partial charge in [0.05, 0.1) is 12.1 Å². The lowest BCUT2D eigenvalue weighted by atomic mass is 10.1. The molecule has 2 aromatic heterocycles. The molecule has 208 valence electrons. The maximum absolute atomic E-state index is 12.4. The summed E-state index contributed by atoms with van der Waals surface area (Å²) in [4.78, 5) is 47.0. The van der Waals surface area contributed by atoms with Crippen LogP contribution in [-0.4, -0.2) is 92.1 Å². The SMILES string of the molecule is Cc1cnc(N2C[C@@H]3[C@@H](C2)OCC(=O)N3Cc2ccncc2)nc1.O=C(O)C(F)(F)F.O=C(O)C(F)(F)F. The van der Waals surface area contributed by atoms with Crippen LogP contribution in [0.1, 0.15) is 11.1 Å². The Morgan fingerprint density at radius 3 is 1.97 bits per heavy atom. The van der Waals surface area contributed by atoms with Crippen molar-refractivity contribution in [2.75, 3.05) is 24.6 Å². The monoisotopic (exact) mass is 553 g/mol. The minimum atomic E-state index is -5.08. The highest BCUT2D eigenvalue weighted by Crippen LogP contribution is 2.27. The predicted octanol–water partition coefficient (Wildman–Crippen LogP) is 2.06.